The van der Waals surface area contributed by atoms with Gasteiger partial charge in [-0.2, -0.15) is 5.10 Å². The summed E-state index contributed by atoms with van der Waals surface area (Å²) in [6, 6.07) is 4.10. The number of rotatable bonds is 1. The zero-order valence-corrected chi connectivity index (χ0v) is 6.90. The van der Waals surface area contributed by atoms with Gasteiger partial charge >= 0.3 is 0 Å². The van der Waals surface area contributed by atoms with E-state index in [0.717, 1.165) is 11.3 Å². The molecule has 2 heterocycles. The van der Waals surface area contributed by atoms with E-state index in [-0.39, 0.29) is 0 Å². The summed E-state index contributed by atoms with van der Waals surface area (Å²) in [6.07, 6.45) is 2.91. The molecule has 0 saturated heterocycles. The minimum absolute atomic E-state index is 1.08. The third-order valence-electron chi connectivity index (χ3n) is 1.53. The first kappa shape index (κ1) is 6.61. The fourth-order valence-electron chi connectivity index (χ4n) is 0.968. The lowest BCUT2D eigenvalue weighted by atomic mass is 10.2. The Labute approximate surface area is 68.9 Å². The highest BCUT2D eigenvalue weighted by atomic mass is 32.1. The average molecular weight is 163 g/mol. The molecule has 0 unspecified atom stereocenters. The predicted molar refractivity (Wildman–Crippen MR) is 45.5 cm³/mol. The van der Waals surface area contributed by atoms with Gasteiger partial charge in [-0.05, 0) is 18.4 Å². The fraction of sp³-hybridized carbons (Fsp3) is 0.125. The maximum absolute atomic E-state index is 3.83. The molecule has 0 bridgehead atoms. The van der Waals surface area contributed by atoms with Crippen molar-refractivity contribution in [1.29, 1.82) is 0 Å². The van der Waals surface area contributed by atoms with Crippen molar-refractivity contribution in [2.75, 3.05) is 0 Å². The van der Waals surface area contributed by atoms with Crippen LogP contribution >= 0.6 is 11.3 Å². The second-order valence-electron chi connectivity index (χ2n) is 2.31. The van der Waals surface area contributed by atoms with Crippen LogP contribution in [0.1, 0.15) is 5.69 Å². The number of aromatic amines is 1. The molecular formula is C8H7N2S. The average Bonchev–Trinajstić information content (AvgIpc) is 2.55. The van der Waals surface area contributed by atoms with Crippen LogP contribution < -0.4 is 0 Å². The van der Waals surface area contributed by atoms with E-state index in [1.807, 2.05) is 13.0 Å². The third-order valence-corrected chi connectivity index (χ3v) is 2.42. The second kappa shape index (κ2) is 2.51. The van der Waals surface area contributed by atoms with Crippen LogP contribution in [0.25, 0.3) is 10.4 Å². The van der Waals surface area contributed by atoms with E-state index in [4.69, 9.17) is 0 Å². The summed E-state index contributed by atoms with van der Waals surface area (Å²) < 4.78 is 0. The maximum atomic E-state index is 3.83. The molecule has 3 heteroatoms. The summed E-state index contributed by atoms with van der Waals surface area (Å²) in [5.74, 6) is 0. The van der Waals surface area contributed by atoms with Crippen molar-refractivity contribution >= 4 is 11.3 Å². The molecule has 0 saturated carbocycles. The maximum Gasteiger partial charge on any atom is 0.122 e. The molecule has 0 aliphatic carbocycles. The lowest BCUT2D eigenvalue weighted by Gasteiger charge is -1.89. The minimum Gasteiger partial charge on any atom is -0.281 e. The first-order valence-electron chi connectivity index (χ1n) is 3.34. The summed E-state index contributed by atoms with van der Waals surface area (Å²) in [4.78, 5) is 1.22. The summed E-state index contributed by atoms with van der Waals surface area (Å²) >= 11 is 1.70. The number of H-pyrrole nitrogens is 1. The Hall–Kier alpha value is -1.09. The van der Waals surface area contributed by atoms with Crippen molar-refractivity contribution in [3.8, 4) is 10.4 Å². The Balaban J connectivity index is 2.53. The number of hydrogen-bond donors (Lipinski definition) is 1. The number of hydrogen-bond acceptors (Lipinski definition) is 2. The molecule has 0 fully saturated rings. The Kier molecular flexibility index (Phi) is 1.51. The van der Waals surface area contributed by atoms with E-state index in [2.05, 4.69) is 27.8 Å². The number of aryl methyl sites for hydroxylation is 1. The van der Waals surface area contributed by atoms with Gasteiger partial charge in [0.1, 0.15) is 6.20 Å². The van der Waals surface area contributed by atoms with Crippen LogP contribution in [-0.2, 0) is 0 Å². The van der Waals surface area contributed by atoms with Gasteiger partial charge in [0, 0.05) is 16.1 Å². The van der Waals surface area contributed by atoms with Gasteiger partial charge < -0.3 is 0 Å². The topological polar surface area (TPSA) is 28.7 Å². The number of thiophene rings is 1. The fourth-order valence-corrected chi connectivity index (χ4v) is 1.75. The van der Waals surface area contributed by atoms with Gasteiger partial charge in [-0.3, -0.25) is 5.10 Å². The molecule has 0 aliphatic rings. The molecule has 11 heavy (non-hydrogen) atoms. The van der Waals surface area contributed by atoms with Crippen molar-refractivity contribution in [3.63, 3.8) is 0 Å². The third kappa shape index (κ3) is 1.07. The van der Waals surface area contributed by atoms with Crippen molar-refractivity contribution in [1.82, 2.24) is 10.2 Å². The van der Waals surface area contributed by atoms with Crippen LogP contribution in [0.5, 0.6) is 0 Å². The Morgan fingerprint density at radius 1 is 1.64 bits per heavy atom. The lowest BCUT2D eigenvalue weighted by molar-refractivity contribution is 1.04. The van der Waals surface area contributed by atoms with E-state index >= 15 is 0 Å². The first-order valence-corrected chi connectivity index (χ1v) is 4.22. The van der Waals surface area contributed by atoms with Gasteiger partial charge in [0.15, 0.2) is 0 Å². The summed E-state index contributed by atoms with van der Waals surface area (Å²) in [6.45, 7) is 2.00. The van der Waals surface area contributed by atoms with E-state index in [0.29, 0.717) is 0 Å². The van der Waals surface area contributed by atoms with Gasteiger partial charge in [0.2, 0.25) is 0 Å². The molecule has 1 N–H and O–H groups in total. The van der Waals surface area contributed by atoms with Crippen molar-refractivity contribution in [3.05, 3.63) is 29.4 Å². The van der Waals surface area contributed by atoms with E-state index in [9.17, 15) is 0 Å². The quantitative estimate of drug-likeness (QED) is 0.686. The van der Waals surface area contributed by atoms with Gasteiger partial charge in [-0.25, -0.2) is 0 Å². The summed E-state index contributed by atoms with van der Waals surface area (Å²) in [5, 5.41) is 8.74. The van der Waals surface area contributed by atoms with E-state index in [1.165, 1.54) is 4.88 Å². The smallest absolute Gasteiger partial charge is 0.122 e. The van der Waals surface area contributed by atoms with Crippen molar-refractivity contribution in [2.45, 2.75) is 6.92 Å². The predicted octanol–water partition coefficient (Wildman–Crippen LogP) is 2.25. The molecule has 2 aromatic rings. The summed E-state index contributed by atoms with van der Waals surface area (Å²) in [7, 11) is 0. The highest BCUT2D eigenvalue weighted by Crippen LogP contribution is 2.25. The molecule has 0 atom stereocenters. The molecule has 2 rings (SSSR count). The summed E-state index contributed by atoms with van der Waals surface area (Å²) in [5.41, 5.74) is 2.16. The Morgan fingerprint density at radius 3 is 3.09 bits per heavy atom. The Morgan fingerprint density at radius 2 is 2.55 bits per heavy atom. The molecule has 2 nitrogen and oxygen atoms in total. The molecule has 0 spiro atoms. The highest BCUT2D eigenvalue weighted by molar-refractivity contribution is 7.13. The van der Waals surface area contributed by atoms with Crippen LogP contribution in [0, 0.1) is 13.1 Å². The molecule has 2 aromatic heterocycles. The van der Waals surface area contributed by atoms with Crippen LogP contribution in [0.2, 0.25) is 0 Å². The van der Waals surface area contributed by atoms with Gasteiger partial charge in [0.25, 0.3) is 0 Å². The van der Waals surface area contributed by atoms with Gasteiger partial charge in [-0.1, -0.05) is 6.07 Å². The zero-order valence-electron chi connectivity index (χ0n) is 6.09. The normalized spacial score (nSPS) is 10.3. The SMILES string of the molecule is Cc1[nH]n[c]c1-c1cccs1. The lowest BCUT2D eigenvalue weighted by Crippen LogP contribution is -1.72. The number of nitrogens with one attached hydrogen (secondary N) is 1. The first-order chi connectivity index (χ1) is 5.38. The zero-order chi connectivity index (χ0) is 7.68. The van der Waals surface area contributed by atoms with Crippen molar-refractivity contribution < 1.29 is 0 Å². The van der Waals surface area contributed by atoms with Crippen LogP contribution in [0.4, 0.5) is 0 Å². The van der Waals surface area contributed by atoms with Crippen LogP contribution in [-0.4, -0.2) is 10.2 Å². The second-order valence-corrected chi connectivity index (χ2v) is 3.26. The molecule has 0 aromatic carbocycles. The molecular weight excluding hydrogens is 156 g/mol. The number of aromatic nitrogens is 2. The molecule has 0 aliphatic heterocycles. The number of nitrogens with zero attached hydrogens (tertiary/aromatic N) is 1. The highest BCUT2D eigenvalue weighted by Gasteiger charge is 2.03. The molecule has 1 radical (unpaired) electrons. The van der Waals surface area contributed by atoms with Crippen LogP contribution in [0.3, 0.4) is 0 Å². The molecule has 0 amide bonds. The monoisotopic (exact) mass is 163 g/mol. The van der Waals surface area contributed by atoms with E-state index < -0.39 is 0 Å². The van der Waals surface area contributed by atoms with Crippen LogP contribution in [0.15, 0.2) is 17.5 Å². The van der Waals surface area contributed by atoms with Gasteiger partial charge in [-0.15, -0.1) is 11.3 Å². The van der Waals surface area contributed by atoms with E-state index in [1.54, 1.807) is 11.3 Å². The molecule has 55 valence electrons. The van der Waals surface area contributed by atoms with Gasteiger partial charge in [0.05, 0.1) is 0 Å². The minimum atomic E-state index is 1.08. The Bertz CT molecular complexity index is 335. The van der Waals surface area contributed by atoms with Crippen molar-refractivity contribution in [2.24, 2.45) is 0 Å². The standard InChI is InChI=1S/C8H7N2S/c1-6-7(5-9-10-6)8-3-2-4-11-8/h2-4H,1H3,(H,9,10). The largest absolute Gasteiger partial charge is 0.281 e.